The van der Waals surface area contributed by atoms with Crippen molar-refractivity contribution in [2.75, 3.05) is 30.4 Å². The molecular weight excluding hydrogens is 197 g/mol. The zero-order valence-electron chi connectivity index (χ0n) is 8.61. The predicted molar refractivity (Wildman–Crippen MR) is 56.2 cm³/mol. The Morgan fingerprint density at radius 2 is 2.47 bits per heavy atom. The van der Waals surface area contributed by atoms with Crippen molar-refractivity contribution in [2.24, 2.45) is 0 Å². The summed E-state index contributed by atoms with van der Waals surface area (Å²) in [5.41, 5.74) is 6.98. The lowest BCUT2D eigenvalue weighted by atomic mass is 10.2. The Balaban J connectivity index is 2.30. The van der Waals surface area contributed by atoms with Gasteiger partial charge in [0.1, 0.15) is 0 Å². The first-order valence-corrected chi connectivity index (χ1v) is 4.94. The third kappa shape index (κ3) is 2.02. The first kappa shape index (κ1) is 10.2. The molecule has 1 aliphatic heterocycles. The molecule has 2 rings (SSSR count). The van der Waals surface area contributed by atoms with Crippen LogP contribution in [0.5, 0.6) is 0 Å². The van der Waals surface area contributed by atoms with Crippen LogP contribution in [-0.2, 0) is 4.74 Å². The summed E-state index contributed by atoms with van der Waals surface area (Å²) in [5, 5.41) is 0. The van der Waals surface area contributed by atoms with Crippen molar-refractivity contribution >= 4 is 11.4 Å². The second-order valence-corrected chi connectivity index (χ2v) is 3.68. The molecule has 1 saturated heterocycles. The van der Waals surface area contributed by atoms with Gasteiger partial charge in [-0.05, 0) is 6.92 Å². The quantitative estimate of drug-likeness (QED) is 0.705. The van der Waals surface area contributed by atoms with Crippen molar-refractivity contribution in [3.05, 3.63) is 18.2 Å². The van der Waals surface area contributed by atoms with E-state index in [1.165, 1.54) is 12.3 Å². The van der Waals surface area contributed by atoms with Crippen LogP contribution < -0.4 is 10.6 Å². The molecule has 0 bridgehead atoms. The van der Waals surface area contributed by atoms with Crippen molar-refractivity contribution < 1.29 is 9.13 Å². The molecule has 1 fully saturated rings. The number of morpholine rings is 1. The Labute approximate surface area is 87.8 Å². The molecule has 0 aromatic carbocycles. The summed E-state index contributed by atoms with van der Waals surface area (Å²) >= 11 is 0. The third-order valence-electron chi connectivity index (χ3n) is 2.56. The number of nitrogens with two attached hydrogens (primary N) is 1. The second kappa shape index (κ2) is 4.02. The van der Waals surface area contributed by atoms with Gasteiger partial charge < -0.3 is 15.4 Å². The van der Waals surface area contributed by atoms with Gasteiger partial charge in [-0.25, -0.2) is 4.98 Å². The Kier molecular flexibility index (Phi) is 2.73. The molecule has 2 heterocycles. The SMILES string of the molecule is C[C@H]1COCCN1c1cc(F)ncc1N. The van der Waals surface area contributed by atoms with Crippen molar-refractivity contribution in [3.8, 4) is 0 Å². The van der Waals surface area contributed by atoms with Crippen molar-refractivity contribution in [3.63, 3.8) is 0 Å². The summed E-state index contributed by atoms with van der Waals surface area (Å²) < 4.78 is 18.3. The van der Waals surface area contributed by atoms with Crippen LogP contribution in [0.2, 0.25) is 0 Å². The normalized spacial score (nSPS) is 21.7. The number of ether oxygens (including phenoxy) is 1. The fraction of sp³-hybridized carbons (Fsp3) is 0.500. The van der Waals surface area contributed by atoms with E-state index in [2.05, 4.69) is 4.98 Å². The minimum absolute atomic E-state index is 0.211. The van der Waals surface area contributed by atoms with Gasteiger partial charge in [0.15, 0.2) is 0 Å². The molecule has 1 aromatic heterocycles. The van der Waals surface area contributed by atoms with Crippen LogP contribution in [0.25, 0.3) is 0 Å². The number of pyridine rings is 1. The molecule has 0 radical (unpaired) electrons. The van der Waals surface area contributed by atoms with Crippen molar-refractivity contribution in [2.45, 2.75) is 13.0 Å². The highest BCUT2D eigenvalue weighted by molar-refractivity contribution is 5.66. The fourth-order valence-electron chi connectivity index (χ4n) is 1.76. The number of halogens is 1. The molecular formula is C10H14FN3O. The summed E-state index contributed by atoms with van der Waals surface area (Å²) in [4.78, 5) is 5.55. The summed E-state index contributed by atoms with van der Waals surface area (Å²) in [6, 6.07) is 1.58. The van der Waals surface area contributed by atoms with Crippen LogP contribution in [-0.4, -0.2) is 30.8 Å². The summed E-state index contributed by atoms with van der Waals surface area (Å²) in [6.45, 7) is 4.04. The minimum atomic E-state index is -0.502. The van der Waals surface area contributed by atoms with Crippen LogP contribution in [0.4, 0.5) is 15.8 Å². The lowest BCUT2D eigenvalue weighted by Crippen LogP contribution is -2.44. The molecule has 0 saturated carbocycles. The molecule has 82 valence electrons. The Hall–Kier alpha value is -1.36. The summed E-state index contributed by atoms with van der Waals surface area (Å²) in [7, 11) is 0. The van der Waals surface area contributed by atoms with Gasteiger partial charge in [-0.2, -0.15) is 4.39 Å². The van der Waals surface area contributed by atoms with Gasteiger partial charge in [-0.1, -0.05) is 0 Å². The molecule has 1 aromatic rings. The van der Waals surface area contributed by atoms with Crippen LogP contribution in [0.15, 0.2) is 12.3 Å². The van der Waals surface area contributed by atoms with Crippen LogP contribution >= 0.6 is 0 Å². The average molecular weight is 211 g/mol. The number of hydrogen-bond donors (Lipinski definition) is 1. The smallest absolute Gasteiger partial charge is 0.215 e. The van der Waals surface area contributed by atoms with E-state index in [4.69, 9.17) is 10.5 Å². The summed E-state index contributed by atoms with van der Waals surface area (Å²) in [6.07, 6.45) is 1.35. The zero-order valence-corrected chi connectivity index (χ0v) is 8.61. The van der Waals surface area contributed by atoms with E-state index in [1.54, 1.807) is 0 Å². The van der Waals surface area contributed by atoms with E-state index in [0.29, 0.717) is 24.6 Å². The van der Waals surface area contributed by atoms with Crippen LogP contribution in [0, 0.1) is 5.95 Å². The highest BCUT2D eigenvalue weighted by atomic mass is 19.1. The maximum absolute atomic E-state index is 13.0. The van der Waals surface area contributed by atoms with Crippen molar-refractivity contribution in [1.82, 2.24) is 4.98 Å². The lowest BCUT2D eigenvalue weighted by Gasteiger charge is -2.35. The Bertz CT molecular complexity index is 359. The number of nitrogen functional groups attached to an aromatic ring is 1. The van der Waals surface area contributed by atoms with Crippen LogP contribution in [0.3, 0.4) is 0 Å². The number of nitrogens with zero attached hydrogens (tertiary/aromatic N) is 2. The lowest BCUT2D eigenvalue weighted by molar-refractivity contribution is 0.0990. The first-order chi connectivity index (χ1) is 7.18. The van der Waals surface area contributed by atoms with Gasteiger partial charge >= 0.3 is 0 Å². The molecule has 1 atom stereocenters. The summed E-state index contributed by atoms with van der Waals surface area (Å²) in [5.74, 6) is -0.502. The van der Waals surface area contributed by atoms with Gasteiger partial charge in [0, 0.05) is 18.7 Å². The van der Waals surface area contributed by atoms with E-state index in [0.717, 1.165) is 6.54 Å². The maximum Gasteiger partial charge on any atom is 0.215 e. The van der Waals surface area contributed by atoms with E-state index >= 15 is 0 Å². The maximum atomic E-state index is 13.0. The number of anilines is 2. The largest absolute Gasteiger partial charge is 0.396 e. The van der Waals surface area contributed by atoms with Crippen LogP contribution in [0.1, 0.15) is 6.92 Å². The fourth-order valence-corrected chi connectivity index (χ4v) is 1.76. The Morgan fingerprint density at radius 1 is 1.67 bits per heavy atom. The molecule has 15 heavy (non-hydrogen) atoms. The van der Waals surface area contributed by atoms with Gasteiger partial charge in [0.25, 0.3) is 0 Å². The highest BCUT2D eigenvalue weighted by Gasteiger charge is 2.21. The van der Waals surface area contributed by atoms with Gasteiger partial charge in [-0.15, -0.1) is 0 Å². The average Bonchev–Trinajstić information content (AvgIpc) is 2.23. The number of rotatable bonds is 1. The standard InChI is InChI=1S/C10H14FN3O/c1-7-6-15-3-2-14(7)9-4-10(11)13-5-8(9)12/h4-5,7H,2-3,6,12H2,1H3/t7-/m0/s1. The molecule has 1 aliphatic rings. The van der Waals surface area contributed by atoms with Gasteiger partial charge in [0.05, 0.1) is 30.8 Å². The van der Waals surface area contributed by atoms with E-state index in [1.807, 2.05) is 11.8 Å². The van der Waals surface area contributed by atoms with E-state index < -0.39 is 5.95 Å². The van der Waals surface area contributed by atoms with E-state index in [-0.39, 0.29) is 6.04 Å². The second-order valence-electron chi connectivity index (χ2n) is 3.68. The topological polar surface area (TPSA) is 51.4 Å². The molecule has 0 aliphatic carbocycles. The molecule has 2 N–H and O–H groups in total. The third-order valence-corrected chi connectivity index (χ3v) is 2.56. The number of aromatic nitrogens is 1. The molecule has 0 amide bonds. The van der Waals surface area contributed by atoms with Gasteiger partial charge in [0.2, 0.25) is 5.95 Å². The number of hydrogen-bond acceptors (Lipinski definition) is 4. The zero-order chi connectivity index (χ0) is 10.8. The minimum Gasteiger partial charge on any atom is -0.396 e. The van der Waals surface area contributed by atoms with Crippen molar-refractivity contribution in [1.29, 1.82) is 0 Å². The molecule has 0 spiro atoms. The molecule has 5 heteroatoms. The molecule has 0 unspecified atom stereocenters. The Morgan fingerprint density at radius 3 is 3.20 bits per heavy atom. The van der Waals surface area contributed by atoms with E-state index in [9.17, 15) is 4.39 Å². The first-order valence-electron chi connectivity index (χ1n) is 4.94. The van der Waals surface area contributed by atoms with Gasteiger partial charge in [-0.3, -0.25) is 0 Å². The molecule has 4 nitrogen and oxygen atoms in total. The monoisotopic (exact) mass is 211 g/mol. The predicted octanol–water partition coefficient (Wildman–Crippen LogP) is 1.03. The highest BCUT2D eigenvalue weighted by Crippen LogP contribution is 2.25.